The van der Waals surface area contributed by atoms with Gasteiger partial charge in [0.25, 0.3) is 0 Å². The van der Waals surface area contributed by atoms with Crippen molar-refractivity contribution >= 4 is 17.3 Å². The van der Waals surface area contributed by atoms with Crippen LogP contribution in [-0.2, 0) is 11.2 Å². The topological polar surface area (TPSA) is 42.9 Å². The van der Waals surface area contributed by atoms with Gasteiger partial charge in [-0.3, -0.25) is 4.79 Å². The van der Waals surface area contributed by atoms with Gasteiger partial charge >= 0.3 is 0 Å². The highest BCUT2D eigenvalue weighted by Crippen LogP contribution is 2.30. The molecule has 3 nitrogen and oxygen atoms in total. The van der Waals surface area contributed by atoms with Gasteiger partial charge in [0.2, 0.25) is 0 Å². The molecule has 0 aromatic carbocycles. The molecule has 64 valence electrons. The summed E-state index contributed by atoms with van der Waals surface area (Å²) in [4.78, 5) is 15.5. The number of nitrogens with zero attached hydrogens (tertiary/aromatic N) is 2. The number of aryl methyl sites for hydroxylation is 1. The van der Waals surface area contributed by atoms with Crippen molar-refractivity contribution in [3.05, 3.63) is 10.8 Å². The van der Waals surface area contributed by atoms with Crippen LogP contribution in [0.2, 0.25) is 0 Å². The fraction of sp³-hybridized carbons (Fsp3) is 0.625. The van der Waals surface area contributed by atoms with Crippen molar-refractivity contribution < 1.29 is 4.79 Å². The van der Waals surface area contributed by atoms with Crippen LogP contribution in [0.1, 0.15) is 23.7 Å². The Balaban J connectivity index is 1.98. The molecule has 1 aromatic rings. The van der Waals surface area contributed by atoms with Crippen LogP contribution in [0.5, 0.6) is 0 Å². The number of rotatable bonds is 3. The van der Waals surface area contributed by atoms with Crippen molar-refractivity contribution in [3.63, 3.8) is 0 Å². The molecule has 1 aliphatic carbocycles. The lowest BCUT2D eigenvalue weighted by molar-refractivity contribution is -0.119. The molecule has 0 saturated heterocycles. The van der Waals surface area contributed by atoms with Gasteiger partial charge in [0.05, 0.1) is 6.42 Å². The molecule has 0 radical (unpaired) electrons. The van der Waals surface area contributed by atoms with Gasteiger partial charge in [-0.2, -0.15) is 4.37 Å². The summed E-state index contributed by atoms with van der Waals surface area (Å²) >= 11 is 1.34. The molecule has 1 saturated carbocycles. The Morgan fingerprint density at radius 1 is 1.67 bits per heavy atom. The third-order valence-electron chi connectivity index (χ3n) is 1.93. The van der Waals surface area contributed by atoms with E-state index in [1.165, 1.54) is 11.5 Å². The molecular weight excluding hydrogens is 172 g/mol. The summed E-state index contributed by atoms with van der Waals surface area (Å²) in [7, 11) is 0. The molecule has 1 aromatic heterocycles. The smallest absolute Gasteiger partial charge is 0.142 e. The Morgan fingerprint density at radius 3 is 2.92 bits per heavy atom. The first-order valence-electron chi connectivity index (χ1n) is 4.07. The molecule has 12 heavy (non-hydrogen) atoms. The quantitative estimate of drug-likeness (QED) is 0.709. The fourth-order valence-corrected chi connectivity index (χ4v) is 1.77. The van der Waals surface area contributed by atoms with Crippen LogP contribution in [0.3, 0.4) is 0 Å². The Morgan fingerprint density at radius 2 is 2.42 bits per heavy atom. The highest BCUT2D eigenvalue weighted by molar-refractivity contribution is 7.05. The first-order valence-corrected chi connectivity index (χ1v) is 4.85. The average molecular weight is 182 g/mol. The van der Waals surface area contributed by atoms with E-state index in [-0.39, 0.29) is 0 Å². The lowest BCUT2D eigenvalue weighted by Crippen LogP contribution is -2.04. The van der Waals surface area contributed by atoms with E-state index in [0.29, 0.717) is 18.1 Å². The minimum Gasteiger partial charge on any atom is -0.299 e. The van der Waals surface area contributed by atoms with Gasteiger partial charge in [-0.05, 0) is 31.3 Å². The largest absolute Gasteiger partial charge is 0.299 e. The highest BCUT2D eigenvalue weighted by Gasteiger charge is 2.29. The third kappa shape index (κ3) is 1.69. The minimum atomic E-state index is 0.339. The number of Topliss-reactive ketones (excluding diaryl/α,β-unsaturated/α-hetero) is 1. The third-order valence-corrected chi connectivity index (χ3v) is 2.73. The molecule has 1 heterocycles. The summed E-state index contributed by atoms with van der Waals surface area (Å²) in [5.74, 6) is 1.46. The van der Waals surface area contributed by atoms with Gasteiger partial charge in [-0.1, -0.05) is 0 Å². The van der Waals surface area contributed by atoms with Gasteiger partial charge in [-0.15, -0.1) is 0 Å². The van der Waals surface area contributed by atoms with E-state index in [0.717, 1.165) is 23.7 Å². The van der Waals surface area contributed by atoms with Crippen molar-refractivity contribution in [1.29, 1.82) is 0 Å². The van der Waals surface area contributed by atoms with Gasteiger partial charge < -0.3 is 0 Å². The van der Waals surface area contributed by atoms with Crippen LogP contribution in [0.25, 0.3) is 0 Å². The van der Waals surface area contributed by atoms with E-state index in [9.17, 15) is 4.79 Å². The molecule has 4 heteroatoms. The number of aromatic nitrogens is 2. The van der Waals surface area contributed by atoms with Crippen LogP contribution in [0.15, 0.2) is 0 Å². The van der Waals surface area contributed by atoms with Gasteiger partial charge in [0.1, 0.15) is 16.6 Å². The van der Waals surface area contributed by atoms with Crippen LogP contribution in [0, 0.1) is 12.8 Å². The second-order valence-corrected chi connectivity index (χ2v) is 3.99. The lowest BCUT2D eigenvalue weighted by Gasteiger charge is -1.91. The van der Waals surface area contributed by atoms with Gasteiger partial charge in [-0.25, -0.2) is 4.98 Å². The Kier molecular flexibility index (Phi) is 1.92. The maximum absolute atomic E-state index is 11.3. The van der Waals surface area contributed by atoms with Crippen LogP contribution < -0.4 is 0 Å². The monoisotopic (exact) mass is 182 g/mol. The Labute approximate surface area is 75.0 Å². The zero-order chi connectivity index (χ0) is 8.55. The maximum Gasteiger partial charge on any atom is 0.142 e. The number of ketones is 1. The molecule has 2 rings (SSSR count). The summed E-state index contributed by atoms with van der Waals surface area (Å²) < 4.78 is 4.03. The number of hydrogen-bond donors (Lipinski definition) is 0. The standard InChI is InChI=1S/C8H10N2OS/c1-5-9-8(12-10-5)4-7(11)6-2-3-6/h6H,2-4H2,1H3. The van der Waals surface area contributed by atoms with Crippen molar-refractivity contribution in [1.82, 2.24) is 9.36 Å². The summed E-state index contributed by atoms with van der Waals surface area (Å²) in [5, 5.41) is 0.865. The molecular formula is C8H10N2OS. The predicted octanol–water partition coefficient (Wildman–Crippen LogP) is 1.37. The van der Waals surface area contributed by atoms with Gasteiger partial charge in [0, 0.05) is 5.92 Å². The first-order chi connectivity index (χ1) is 5.75. The SMILES string of the molecule is Cc1nsc(CC(=O)C2CC2)n1. The molecule has 1 fully saturated rings. The zero-order valence-corrected chi connectivity index (χ0v) is 7.73. The summed E-state index contributed by atoms with van der Waals surface area (Å²) in [6.07, 6.45) is 2.66. The molecule has 1 aliphatic rings. The van der Waals surface area contributed by atoms with Crippen LogP contribution >= 0.6 is 11.5 Å². The lowest BCUT2D eigenvalue weighted by atomic mass is 10.2. The van der Waals surface area contributed by atoms with E-state index >= 15 is 0 Å². The van der Waals surface area contributed by atoms with Crippen LogP contribution in [-0.4, -0.2) is 15.1 Å². The Hall–Kier alpha value is -0.770. The van der Waals surface area contributed by atoms with E-state index in [4.69, 9.17) is 0 Å². The normalized spacial score (nSPS) is 16.4. The van der Waals surface area contributed by atoms with Crippen molar-refractivity contribution in [3.8, 4) is 0 Å². The highest BCUT2D eigenvalue weighted by atomic mass is 32.1. The Bertz CT molecular complexity index is 304. The fourth-order valence-electron chi connectivity index (χ4n) is 1.11. The molecule has 0 spiro atoms. The van der Waals surface area contributed by atoms with Crippen molar-refractivity contribution in [2.24, 2.45) is 5.92 Å². The van der Waals surface area contributed by atoms with Crippen LogP contribution in [0.4, 0.5) is 0 Å². The van der Waals surface area contributed by atoms with Crippen molar-refractivity contribution in [2.45, 2.75) is 26.2 Å². The van der Waals surface area contributed by atoms with E-state index < -0.39 is 0 Å². The molecule has 0 amide bonds. The predicted molar refractivity (Wildman–Crippen MR) is 46.1 cm³/mol. The minimum absolute atomic E-state index is 0.339. The molecule has 0 bridgehead atoms. The summed E-state index contributed by atoms with van der Waals surface area (Å²) in [6, 6.07) is 0. The van der Waals surface area contributed by atoms with Crippen molar-refractivity contribution in [2.75, 3.05) is 0 Å². The molecule has 0 N–H and O–H groups in total. The average Bonchev–Trinajstić information content (AvgIpc) is 2.78. The van der Waals surface area contributed by atoms with E-state index in [1.807, 2.05) is 6.92 Å². The summed E-state index contributed by atoms with van der Waals surface area (Å²) in [6.45, 7) is 1.85. The number of carbonyl (C=O) groups excluding carboxylic acids is 1. The summed E-state index contributed by atoms with van der Waals surface area (Å²) in [5.41, 5.74) is 0. The second kappa shape index (κ2) is 2.94. The number of hydrogen-bond acceptors (Lipinski definition) is 4. The first kappa shape index (κ1) is 7.86. The van der Waals surface area contributed by atoms with Gasteiger partial charge in [0.15, 0.2) is 0 Å². The molecule has 0 atom stereocenters. The maximum atomic E-state index is 11.3. The van der Waals surface area contributed by atoms with E-state index in [2.05, 4.69) is 9.36 Å². The van der Waals surface area contributed by atoms with E-state index in [1.54, 1.807) is 0 Å². The number of carbonyl (C=O) groups is 1. The molecule has 0 aliphatic heterocycles. The second-order valence-electron chi connectivity index (χ2n) is 3.15. The zero-order valence-electron chi connectivity index (χ0n) is 6.91. The molecule has 0 unspecified atom stereocenters.